The molecule has 5 nitrogen and oxygen atoms in total. The second kappa shape index (κ2) is 8.77. The average molecular weight is 488 g/mol. The minimum atomic E-state index is -0.142. The summed E-state index contributed by atoms with van der Waals surface area (Å²) >= 11 is 6.21. The Labute approximate surface area is 185 Å². The molecule has 0 bridgehead atoms. The molecule has 2 aromatic carbocycles. The molecule has 1 aliphatic heterocycles. The topological polar surface area (TPSA) is 64.0 Å². The lowest BCUT2D eigenvalue weighted by atomic mass is 10.2. The molecule has 0 unspecified atom stereocenters. The van der Waals surface area contributed by atoms with Crippen LogP contribution in [0.15, 0.2) is 67.9 Å². The number of fused-ring (bicyclic) bond motifs is 1. The van der Waals surface area contributed by atoms with Gasteiger partial charge in [-0.3, -0.25) is 14.2 Å². The monoisotopic (exact) mass is 487 g/mol. The number of nitrogens with zero attached hydrogens (tertiary/aromatic N) is 2. The zero-order valence-corrected chi connectivity index (χ0v) is 18.9. The summed E-state index contributed by atoms with van der Waals surface area (Å²) in [6.45, 7) is 2.01. The fourth-order valence-corrected chi connectivity index (χ4v) is 5.09. The molecule has 0 saturated carbocycles. The molecule has 0 radical (unpaired) electrons. The molecule has 0 saturated heterocycles. The van der Waals surface area contributed by atoms with Crippen LogP contribution in [-0.2, 0) is 11.2 Å². The Bertz CT molecular complexity index is 1110. The summed E-state index contributed by atoms with van der Waals surface area (Å²) in [4.78, 5) is 31.0. The van der Waals surface area contributed by atoms with E-state index in [4.69, 9.17) is 4.98 Å². The van der Waals surface area contributed by atoms with E-state index in [1.54, 1.807) is 16.3 Å². The van der Waals surface area contributed by atoms with Gasteiger partial charge in [0.05, 0.1) is 22.0 Å². The van der Waals surface area contributed by atoms with Crippen molar-refractivity contribution in [3.8, 4) is 5.69 Å². The summed E-state index contributed by atoms with van der Waals surface area (Å²) in [7, 11) is 0. The maximum Gasteiger partial charge on any atom is 0.272 e. The van der Waals surface area contributed by atoms with Gasteiger partial charge in [0.2, 0.25) is 5.91 Å². The number of hydrogen-bond acceptors (Lipinski definition) is 5. The molecule has 148 valence electrons. The molecule has 1 amide bonds. The van der Waals surface area contributed by atoms with E-state index in [0.29, 0.717) is 10.1 Å². The van der Waals surface area contributed by atoms with Crippen LogP contribution in [0.3, 0.4) is 0 Å². The van der Waals surface area contributed by atoms with Crippen LogP contribution in [0, 0.1) is 6.92 Å². The fraction of sp³-hybridized carbons (Fsp3) is 0.190. The normalized spacial score (nSPS) is 12.6. The highest BCUT2D eigenvalue weighted by molar-refractivity contribution is 9.10. The molecule has 4 rings (SSSR count). The van der Waals surface area contributed by atoms with Crippen molar-refractivity contribution in [3.05, 3.63) is 74.6 Å². The second-order valence-electron chi connectivity index (χ2n) is 6.59. The Balaban J connectivity index is 1.60. The third kappa shape index (κ3) is 4.60. The molecule has 0 spiro atoms. The lowest BCUT2D eigenvalue weighted by Gasteiger charge is -2.14. The summed E-state index contributed by atoms with van der Waals surface area (Å²) in [5, 5.41) is 3.42. The van der Waals surface area contributed by atoms with Crippen LogP contribution in [0.1, 0.15) is 11.3 Å². The van der Waals surface area contributed by atoms with Gasteiger partial charge in [0, 0.05) is 22.3 Å². The summed E-state index contributed by atoms with van der Waals surface area (Å²) < 4.78 is 2.57. The van der Waals surface area contributed by atoms with Crippen LogP contribution in [-0.4, -0.2) is 27.0 Å². The first-order valence-electron chi connectivity index (χ1n) is 9.05. The maximum atomic E-state index is 13.1. The molecular formula is C21H18BrN3O2S2. The predicted octanol–water partition coefficient (Wildman–Crippen LogP) is 4.68. The Kier molecular flexibility index (Phi) is 6.12. The van der Waals surface area contributed by atoms with E-state index in [-0.39, 0.29) is 17.2 Å². The van der Waals surface area contributed by atoms with E-state index in [1.807, 2.05) is 55.5 Å². The van der Waals surface area contributed by atoms with Gasteiger partial charge in [-0.1, -0.05) is 45.4 Å². The first-order valence-corrected chi connectivity index (χ1v) is 11.8. The summed E-state index contributed by atoms with van der Waals surface area (Å²) in [5.74, 6) is 0.890. The van der Waals surface area contributed by atoms with Crippen LogP contribution in [0.4, 0.5) is 5.69 Å². The predicted molar refractivity (Wildman–Crippen MR) is 122 cm³/mol. The van der Waals surface area contributed by atoms with E-state index in [0.717, 1.165) is 39.3 Å². The summed E-state index contributed by atoms with van der Waals surface area (Å²) in [6, 6.07) is 15.2. The molecular weight excluding hydrogens is 470 g/mol. The Hall–Kier alpha value is -2.03. The standard InChI is InChI=1S/C21H18BrN3O2S2/c1-13-2-8-16(9-3-13)25-20(27)19-17(10-11-28-19)24-21(25)29-12-18(26)23-15-6-4-14(22)5-7-15/h2-9H,10-12H2,1H3,(H,23,26). The number of nitrogens with one attached hydrogen (secondary N) is 1. The van der Waals surface area contributed by atoms with Crippen molar-refractivity contribution in [1.82, 2.24) is 9.55 Å². The number of thioether (sulfide) groups is 2. The first-order chi connectivity index (χ1) is 14.0. The number of halogens is 1. The number of aryl methyl sites for hydroxylation is 2. The first kappa shape index (κ1) is 20.3. The third-order valence-electron chi connectivity index (χ3n) is 4.42. The number of anilines is 1. The van der Waals surface area contributed by atoms with Gasteiger partial charge in [-0.25, -0.2) is 4.98 Å². The Morgan fingerprint density at radius 1 is 1.21 bits per heavy atom. The second-order valence-corrected chi connectivity index (χ2v) is 9.55. The van der Waals surface area contributed by atoms with Gasteiger partial charge in [-0.05, 0) is 43.3 Å². The van der Waals surface area contributed by atoms with Crippen molar-refractivity contribution in [2.24, 2.45) is 0 Å². The SMILES string of the molecule is Cc1ccc(-n2c(SCC(=O)Nc3ccc(Br)cc3)nc3c(c2=O)SCC3)cc1. The number of carbonyl (C=O) groups excluding carboxylic acids is 1. The van der Waals surface area contributed by atoms with Crippen LogP contribution in [0.25, 0.3) is 5.69 Å². The van der Waals surface area contributed by atoms with Crippen molar-refractivity contribution in [2.75, 3.05) is 16.8 Å². The van der Waals surface area contributed by atoms with Gasteiger partial charge in [0.25, 0.3) is 5.56 Å². The minimum absolute atomic E-state index is 0.0582. The number of amides is 1. The highest BCUT2D eigenvalue weighted by Crippen LogP contribution is 2.30. The van der Waals surface area contributed by atoms with Crippen LogP contribution in [0.2, 0.25) is 0 Å². The van der Waals surface area contributed by atoms with E-state index < -0.39 is 0 Å². The largest absolute Gasteiger partial charge is 0.325 e. The molecule has 0 aliphatic carbocycles. The van der Waals surface area contributed by atoms with E-state index >= 15 is 0 Å². The van der Waals surface area contributed by atoms with Crippen molar-refractivity contribution in [1.29, 1.82) is 0 Å². The quantitative estimate of drug-likeness (QED) is 0.417. The minimum Gasteiger partial charge on any atom is -0.325 e. The Morgan fingerprint density at radius 3 is 2.66 bits per heavy atom. The molecule has 0 atom stereocenters. The molecule has 1 aromatic heterocycles. The fourth-order valence-electron chi connectivity index (χ4n) is 2.97. The molecule has 2 heterocycles. The van der Waals surface area contributed by atoms with Crippen molar-refractivity contribution < 1.29 is 4.79 Å². The molecule has 1 N–H and O–H groups in total. The highest BCUT2D eigenvalue weighted by atomic mass is 79.9. The van der Waals surface area contributed by atoms with Gasteiger partial charge < -0.3 is 5.32 Å². The van der Waals surface area contributed by atoms with Gasteiger partial charge in [0.1, 0.15) is 0 Å². The smallest absolute Gasteiger partial charge is 0.272 e. The number of carbonyl (C=O) groups is 1. The molecule has 1 aliphatic rings. The van der Waals surface area contributed by atoms with E-state index in [1.165, 1.54) is 11.8 Å². The lowest BCUT2D eigenvalue weighted by molar-refractivity contribution is -0.113. The van der Waals surface area contributed by atoms with Crippen LogP contribution in [0.5, 0.6) is 0 Å². The number of benzene rings is 2. The average Bonchev–Trinajstić information content (AvgIpc) is 3.18. The highest BCUT2D eigenvalue weighted by Gasteiger charge is 2.23. The van der Waals surface area contributed by atoms with Crippen LogP contribution >= 0.6 is 39.5 Å². The van der Waals surface area contributed by atoms with Gasteiger partial charge in [-0.2, -0.15) is 0 Å². The van der Waals surface area contributed by atoms with Gasteiger partial charge >= 0.3 is 0 Å². The summed E-state index contributed by atoms with van der Waals surface area (Å²) in [6.07, 6.45) is 0.780. The van der Waals surface area contributed by atoms with Gasteiger partial charge in [0.15, 0.2) is 5.16 Å². The maximum absolute atomic E-state index is 13.1. The van der Waals surface area contributed by atoms with Gasteiger partial charge in [-0.15, -0.1) is 11.8 Å². The van der Waals surface area contributed by atoms with Crippen molar-refractivity contribution in [3.63, 3.8) is 0 Å². The summed E-state index contributed by atoms with van der Waals surface area (Å²) in [5.41, 5.74) is 3.39. The molecule has 0 fully saturated rings. The number of rotatable bonds is 5. The Morgan fingerprint density at radius 2 is 1.93 bits per heavy atom. The zero-order valence-electron chi connectivity index (χ0n) is 15.6. The molecule has 29 heavy (non-hydrogen) atoms. The molecule has 8 heteroatoms. The number of hydrogen-bond donors (Lipinski definition) is 1. The lowest BCUT2D eigenvalue weighted by Crippen LogP contribution is -2.24. The number of aromatic nitrogens is 2. The van der Waals surface area contributed by atoms with Crippen LogP contribution < -0.4 is 10.9 Å². The van der Waals surface area contributed by atoms with E-state index in [2.05, 4.69) is 21.2 Å². The zero-order chi connectivity index (χ0) is 20.4. The third-order valence-corrected chi connectivity index (χ3v) is 6.99. The van der Waals surface area contributed by atoms with Crippen molar-refractivity contribution >= 4 is 51.0 Å². The van der Waals surface area contributed by atoms with Crippen molar-refractivity contribution in [2.45, 2.75) is 23.4 Å². The molecule has 3 aromatic rings. The van der Waals surface area contributed by atoms with E-state index in [9.17, 15) is 9.59 Å².